The number of benzene rings is 3. The number of rotatable bonds is 11. The Morgan fingerprint density at radius 2 is 1.58 bits per heavy atom. The molecule has 0 fully saturated rings. The summed E-state index contributed by atoms with van der Waals surface area (Å²) in [5.41, 5.74) is 2.60. The van der Waals surface area contributed by atoms with Crippen molar-refractivity contribution in [2.24, 2.45) is 0 Å². The highest BCUT2D eigenvalue weighted by molar-refractivity contribution is 7.92. The molecule has 0 aliphatic carbocycles. The third-order valence-corrected chi connectivity index (χ3v) is 8.23. The number of aryl methyl sites for hydroxylation is 1. The van der Waals surface area contributed by atoms with Crippen molar-refractivity contribution >= 4 is 27.5 Å². The minimum Gasteiger partial charge on any atom is -0.355 e. The fraction of sp³-hybridized carbons (Fsp3) is 0.310. The Balaban J connectivity index is 2.09. The van der Waals surface area contributed by atoms with Gasteiger partial charge in [-0.2, -0.15) is 0 Å². The van der Waals surface area contributed by atoms with E-state index in [0.717, 1.165) is 15.4 Å². The molecular formula is C29H34FN3O4S. The van der Waals surface area contributed by atoms with Gasteiger partial charge in [0.1, 0.15) is 18.4 Å². The van der Waals surface area contributed by atoms with Crippen LogP contribution >= 0.6 is 0 Å². The predicted molar refractivity (Wildman–Crippen MR) is 147 cm³/mol. The van der Waals surface area contributed by atoms with Crippen LogP contribution in [0.4, 0.5) is 10.1 Å². The maximum absolute atomic E-state index is 13.9. The van der Waals surface area contributed by atoms with Crippen LogP contribution < -0.4 is 9.62 Å². The molecule has 3 aromatic carbocycles. The van der Waals surface area contributed by atoms with Crippen molar-refractivity contribution in [1.82, 2.24) is 10.2 Å². The normalized spacial score (nSPS) is 12.0. The molecule has 0 heterocycles. The highest BCUT2D eigenvalue weighted by Gasteiger charge is 2.34. The summed E-state index contributed by atoms with van der Waals surface area (Å²) in [5.74, 6) is -1.31. The molecule has 0 bridgehead atoms. The van der Waals surface area contributed by atoms with Crippen molar-refractivity contribution in [3.8, 4) is 0 Å². The van der Waals surface area contributed by atoms with Crippen LogP contribution in [0.15, 0.2) is 77.7 Å². The van der Waals surface area contributed by atoms with Crippen LogP contribution in [-0.4, -0.2) is 44.3 Å². The lowest BCUT2D eigenvalue weighted by Crippen LogP contribution is -2.52. The maximum Gasteiger partial charge on any atom is 0.264 e. The second kappa shape index (κ2) is 12.7. The summed E-state index contributed by atoms with van der Waals surface area (Å²) in [6, 6.07) is 18.0. The van der Waals surface area contributed by atoms with Crippen LogP contribution in [0, 0.1) is 19.7 Å². The fourth-order valence-electron chi connectivity index (χ4n) is 4.24. The van der Waals surface area contributed by atoms with E-state index in [0.29, 0.717) is 24.2 Å². The van der Waals surface area contributed by atoms with Crippen molar-refractivity contribution < 1.29 is 22.4 Å². The summed E-state index contributed by atoms with van der Waals surface area (Å²) in [7, 11) is -4.13. The van der Waals surface area contributed by atoms with Crippen molar-refractivity contribution in [2.45, 2.75) is 51.6 Å². The number of likely N-dealkylation sites (N-methyl/N-ethyl adjacent to an activating group) is 1. The Morgan fingerprint density at radius 1 is 0.921 bits per heavy atom. The number of nitrogens with one attached hydrogen (secondary N) is 1. The number of hydrogen-bond donors (Lipinski definition) is 1. The third-order valence-electron chi connectivity index (χ3n) is 6.46. The van der Waals surface area contributed by atoms with Crippen molar-refractivity contribution in [3.05, 3.63) is 95.3 Å². The van der Waals surface area contributed by atoms with E-state index >= 15 is 0 Å². The zero-order chi connectivity index (χ0) is 27.9. The second-order valence-electron chi connectivity index (χ2n) is 9.01. The van der Waals surface area contributed by atoms with Crippen LogP contribution in [0.3, 0.4) is 0 Å². The van der Waals surface area contributed by atoms with Gasteiger partial charge in [-0.05, 0) is 74.2 Å². The van der Waals surface area contributed by atoms with Gasteiger partial charge in [-0.3, -0.25) is 13.9 Å². The van der Waals surface area contributed by atoms with Gasteiger partial charge in [0, 0.05) is 13.1 Å². The Morgan fingerprint density at radius 3 is 2.18 bits per heavy atom. The van der Waals surface area contributed by atoms with Gasteiger partial charge in [-0.1, -0.05) is 49.4 Å². The van der Waals surface area contributed by atoms with Crippen LogP contribution in [0.1, 0.15) is 37.0 Å². The summed E-state index contributed by atoms with van der Waals surface area (Å²) < 4.78 is 42.4. The van der Waals surface area contributed by atoms with Crippen molar-refractivity contribution in [3.63, 3.8) is 0 Å². The molecule has 0 spiro atoms. The number of carbonyl (C=O) groups is 2. The SMILES string of the molecule is CCNC(=O)[C@H](CC)N(Cc1ccc(F)cc1)C(=O)CN(c1cccc(C)c1C)S(=O)(=O)c1ccccc1. The van der Waals surface area contributed by atoms with E-state index in [4.69, 9.17) is 0 Å². The molecule has 0 aromatic heterocycles. The number of anilines is 1. The van der Waals surface area contributed by atoms with Gasteiger partial charge >= 0.3 is 0 Å². The smallest absolute Gasteiger partial charge is 0.264 e. The van der Waals surface area contributed by atoms with E-state index in [1.807, 2.05) is 19.9 Å². The Bertz CT molecular complexity index is 1360. The third kappa shape index (κ3) is 6.58. The van der Waals surface area contributed by atoms with Gasteiger partial charge in [0.05, 0.1) is 10.6 Å². The number of halogens is 1. The lowest BCUT2D eigenvalue weighted by Gasteiger charge is -2.33. The minimum absolute atomic E-state index is 0.0147. The van der Waals surface area contributed by atoms with E-state index in [1.54, 1.807) is 56.3 Å². The summed E-state index contributed by atoms with van der Waals surface area (Å²) in [5, 5.41) is 2.76. The van der Waals surface area contributed by atoms with E-state index in [9.17, 15) is 22.4 Å². The molecular weight excluding hydrogens is 505 g/mol. The Kier molecular flexibility index (Phi) is 9.63. The van der Waals surface area contributed by atoms with Gasteiger partial charge in [0.2, 0.25) is 11.8 Å². The fourth-order valence-corrected chi connectivity index (χ4v) is 5.73. The van der Waals surface area contributed by atoms with Crippen LogP contribution in [-0.2, 0) is 26.2 Å². The molecule has 202 valence electrons. The average Bonchev–Trinajstić information content (AvgIpc) is 2.90. The lowest BCUT2D eigenvalue weighted by atomic mass is 10.1. The molecule has 38 heavy (non-hydrogen) atoms. The Labute approximate surface area is 224 Å². The largest absolute Gasteiger partial charge is 0.355 e. The monoisotopic (exact) mass is 539 g/mol. The molecule has 7 nitrogen and oxygen atoms in total. The molecule has 0 aliphatic rings. The van der Waals surface area contributed by atoms with Crippen molar-refractivity contribution in [2.75, 3.05) is 17.4 Å². The molecule has 0 radical (unpaired) electrons. The van der Waals surface area contributed by atoms with E-state index in [1.165, 1.54) is 29.2 Å². The summed E-state index contributed by atoms with van der Waals surface area (Å²) in [6.07, 6.45) is 0.313. The molecule has 0 unspecified atom stereocenters. The molecule has 0 aliphatic heterocycles. The molecule has 0 saturated carbocycles. The quantitative estimate of drug-likeness (QED) is 0.387. The highest BCUT2D eigenvalue weighted by atomic mass is 32.2. The van der Waals surface area contributed by atoms with E-state index in [-0.39, 0.29) is 17.3 Å². The van der Waals surface area contributed by atoms with Crippen LogP contribution in [0.5, 0.6) is 0 Å². The summed E-state index contributed by atoms with van der Waals surface area (Å²) in [4.78, 5) is 28.3. The lowest BCUT2D eigenvalue weighted by molar-refractivity contribution is -0.140. The Hall–Kier alpha value is -3.72. The van der Waals surface area contributed by atoms with Crippen LogP contribution in [0.2, 0.25) is 0 Å². The molecule has 1 atom stereocenters. The first kappa shape index (κ1) is 28.8. The first-order valence-corrected chi connectivity index (χ1v) is 14.0. The number of hydrogen-bond acceptors (Lipinski definition) is 4. The van der Waals surface area contributed by atoms with Crippen LogP contribution in [0.25, 0.3) is 0 Å². The van der Waals surface area contributed by atoms with Gasteiger partial charge in [0.15, 0.2) is 0 Å². The second-order valence-corrected chi connectivity index (χ2v) is 10.9. The molecule has 0 saturated heterocycles. The average molecular weight is 540 g/mol. The number of carbonyl (C=O) groups excluding carboxylic acids is 2. The van der Waals surface area contributed by atoms with Gasteiger partial charge in [-0.25, -0.2) is 12.8 Å². The number of sulfonamides is 1. The summed E-state index contributed by atoms with van der Waals surface area (Å²) in [6.45, 7) is 7.13. The molecule has 2 amide bonds. The minimum atomic E-state index is -4.13. The van der Waals surface area contributed by atoms with E-state index in [2.05, 4.69) is 5.32 Å². The molecule has 3 rings (SSSR count). The van der Waals surface area contributed by atoms with Gasteiger partial charge < -0.3 is 10.2 Å². The highest BCUT2D eigenvalue weighted by Crippen LogP contribution is 2.29. The first-order chi connectivity index (χ1) is 18.1. The van der Waals surface area contributed by atoms with Crippen molar-refractivity contribution in [1.29, 1.82) is 0 Å². The number of amides is 2. The van der Waals surface area contributed by atoms with E-state index < -0.39 is 34.3 Å². The maximum atomic E-state index is 13.9. The number of nitrogens with zero attached hydrogens (tertiary/aromatic N) is 2. The topological polar surface area (TPSA) is 86.8 Å². The van der Waals surface area contributed by atoms with Gasteiger partial charge in [-0.15, -0.1) is 0 Å². The zero-order valence-corrected chi connectivity index (χ0v) is 23.0. The standard InChI is InChI=1S/C29H34FN3O4S/c1-5-26(29(35)31-6-2)32(19-23-15-17-24(30)18-16-23)28(34)20-33(27-14-10-11-21(3)22(27)4)38(36,37)25-12-8-7-9-13-25/h7-18,26H,5-6,19-20H2,1-4H3,(H,31,35)/t26-/m0/s1. The van der Waals surface area contributed by atoms with Gasteiger partial charge in [0.25, 0.3) is 10.0 Å². The molecule has 3 aromatic rings. The molecule has 1 N–H and O–H groups in total. The molecule has 9 heteroatoms. The zero-order valence-electron chi connectivity index (χ0n) is 22.1. The predicted octanol–water partition coefficient (Wildman–Crippen LogP) is 4.58. The first-order valence-electron chi connectivity index (χ1n) is 12.6. The summed E-state index contributed by atoms with van der Waals surface area (Å²) >= 11 is 0.